The van der Waals surface area contributed by atoms with Crippen molar-refractivity contribution in [2.24, 2.45) is 0 Å². The number of aryl methyl sites for hydroxylation is 3. The number of nitrogens with one attached hydrogen (secondary N) is 1. The van der Waals surface area contributed by atoms with Crippen LogP contribution in [-0.4, -0.2) is 13.0 Å². The first kappa shape index (κ1) is 23.1. The topological polar surface area (TPSA) is 62.1 Å². The van der Waals surface area contributed by atoms with E-state index in [0.717, 1.165) is 17.5 Å². The van der Waals surface area contributed by atoms with Crippen LogP contribution < -0.4 is 10.1 Å². The highest BCUT2D eigenvalue weighted by atomic mass is 35.5. The molecular weight excluding hydrogens is 420 g/mol. The number of benzene rings is 3. The van der Waals surface area contributed by atoms with E-state index in [4.69, 9.17) is 16.3 Å². The molecule has 1 amide bonds. The van der Waals surface area contributed by atoms with Gasteiger partial charge < -0.3 is 10.1 Å². The number of rotatable bonds is 6. The van der Waals surface area contributed by atoms with E-state index in [0.29, 0.717) is 22.0 Å². The first-order valence-electron chi connectivity index (χ1n) is 10.2. The van der Waals surface area contributed by atoms with Gasteiger partial charge in [0.15, 0.2) is 0 Å². The number of hydrogen-bond acceptors (Lipinski definition) is 3. The van der Waals surface area contributed by atoms with Gasteiger partial charge in [-0.25, -0.2) is 0 Å². The third-order valence-corrected chi connectivity index (χ3v) is 5.35. The first-order chi connectivity index (χ1) is 15.3. The van der Waals surface area contributed by atoms with Crippen LogP contribution in [0.25, 0.3) is 6.08 Å². The second kappa shape index (κ2) is 10.2. The Morgan fingerprint density at radius 3 is 2.44 bits per heavy atom. The van der Waals surface area contributed by atoms with Crippen LogP contribution in [0.5, 0.6) is 5.75 Å². The Hall–Kier alpha value is -3.55. The average molecular weight is 445 g/mol. The van der Waals surface area contributed by atoms with E-state index < -0.39 is 5.91 Å². The maximum absolute atomic E-state index is 12.7. The standard InChI is InChI=1S/C27H25ClN2O2/c1-17-9-18(2)11-21(10-17)13-22-7-6-20(14-26(22)32-4)12-23(16-29)27(31)30-25-15-24(28)8-5-19(25)3/h5-12,14-15H,13H2,1-4H3,(H,30,31)/b23-12+. The van der Waals surface area contributed by atoms with Crippen molar-refractivity contribution < 1.29 is 9.53 Å². The summed E-state index contributed by atoms with van der Waals surface area (Å²) in [7, 11) is 1.62. The van der Waals surface area contributed by atoms with Crippen molar-refractivity contribution in [2.45, 2.75) is 27.2 Å². The second-order valence-electron chi connectivity index (χ2n) is 7.83. The summed E-state index contributed by atoms with van der Waals surface area (Å²) in [5.41, 5.74) is 6.82. The lowest BCUT2D eigenvalue weighted by molar-refractivity contribution is -0.112. The number of carbonyl (C=O) groups excluding carboxylic acids is 1. The number of nitriles is 1. The van der Waals surface area contributed by atoms with E-state index in [9.17, 15) is 10.1 Å². The quantitative estimate of drug-likeness (QED) is 0.353. The van der Waals surface area contributed by atoms with Crippen LogP contribution in [0.3, 0.4) is 0 Å². The van der Waals surface area contributed by atoms with Crippen LogP contribution in [0.4, 0.5) is 5.69 Å². The summed E-state index contributed by atoms with van der Waals surface area (Å²) in [6, 6.07) is 19.4. The van der Waals surface area contributed by atoms with Gasteiger partial charge in [0.05, 0.1) is 7.11 Å². The Morgan fingerprint density at radius 2 is 1.78 bits per heavy atom. The molecule has 0 aliphatic carbocycles. The van der Waals surface area contributed by atoms with Crippen LogP contribution in [0.1, 0.15) is 33.4 Å². The molecule has 0 unspecified atom stereocenters. The SMILES string of the molecule is COc1cc(/C=C(\C#N)C(=O)Nc2cc(Cl)ccc2C)ccc1Cc1cc(C)cc(C)c1. The molecular formula is C27H25ClN2O2. The van der Waals surface area contributed by atoms with Gasteiger partial charge in [0.25, 0.3) is 5.91 Å². The van der Waals surface area contributed by atoms with Gasteiger partial charge >= 0.3 is 0 Å². The van der Waals surface area contributed by atoms with Gasteiger partial charge in [-0.1, -0.05) is 59.1 Å². The number of halogens is 1. The third kappa shape index (κ3) is 5.78. The fraction of sp³-hybridized carbons (Fsp3) is 0.185. The zero-order chi connectivity index (χ0) is 23.3. The number of hydrogen-bond donors (Lipinski definition) is 1. The van der Waals surface area contributed by atoms with E-state index in [-0.39, 0.29) is 5.57 Å². The molecule has 0 aromatic heterocycles. The van der Waals surface area contributed by atoms with E-state index in [1.807, 2.05) is 37.3 Å². The highest BCUT2D eigenvalue weighted by Gasteiger charge is 2.13. The molecule has 0 saturated carbocycles. The van der Waals surface area contributed by atoms with E-state index in [2.05, 4.69) is 37.4 Å². The Balaban J connectivity index is 1.85. The lowest BCUT2D eigenvalue weighted by Gasteiger charge is -2.11. The molecule has 3 rings (SSSR count). The van der Waals surface area contributed by atoms with Crippen molar-refractivity contribution in [1.29, 1.82) is 5.26 Å². The van der Waals surface area contributed by atoms with Crippen molar-refractivity contribution in [3.8, 4) is 11.8 Å². The first-order valence-corrected chi connectivity index (χ1v) is 10.6. The zero-order valence-electron chi connectivity index (χ0n) is 18.6. The minimum Gasteiger partial charge on any atom is -0.496 e. The lowest BCUT2D eigenvalue weighted by Crippen LogP contribution is -2.14. The number of nitrogens with zero attached hydrogens (tertiary/aromatic N) is 1. The normalized spacial score (nSPS) is 11.1. The number of amides is 1. The van der Waals surface area contributed by atoms with Gasteiger partial charge in [0, 0.05) is 17.1 Å². The molecule has 0 saturated heterocycles. The molecule has 0 bridgehead atoms. The fourth-order valence-electron chi connectivity index (χ4n) is 3.62. The monoisotopic (exact) mass is 444 g/mol. The van der Waals surface area contributed by atoms with E-state index in [1.54, 1.807) is 25.3 Å². The third-order valence-electron chi connectivity index (χ3n) is 5.11. The van der Waals surface area contributed by atoms with Gasteiger partial charge in [0.1, 0.15) is 17.4 Å². The average Bonchev–Trinajstić information content (AvgIpc) is 2.74. The molecule has 0 radical (unpaired) electrons. The summed E-state index contributed by atoms with van der Waals surface area (Å²) in [4.78, 5) is 12.7. The van der Waals surface area contributed by atoms with Crippen LogP contribution in [0.2, 0.25) is 5.02 Å². The largest absolute Gasteiger partial charge is 0.496 e. The summed E-state index contributed by atoms with van der Waals surface area (Å²) in [6.45, 7) is 6.03. The van der Waals surface area contributed by atoms with Crippen LogP contribution in [-0.2, 0) is 11.2 Å². The van der Waals surface area contributed by atoms with E-state index in [1.165, 1.54) is 16.7 Å². The molecule has 1 N–H and O–H groups in total. The Labute approximate surface area is 194 Å². The second-order valence-corrected chi connectivity index (χ2v) is 8.26. The predicted molar refractivity (Wildman–Crippen MR) is 130 cm³/mol. The molecule has 3 aromatic rings. The summed E-state index contributed by atoms with van der Waals surface area (Å²) < 4.78 is 5.59. The fourth-order valence-corrected chi connectivity index (χ4v) is 3.79. The van der Waals surface area contributed by atoms with Gasteiger partial charge in [-0.3, -0.25) is 4.79 Å². The Morgan fingerprint density at radius 1 is 1.06 bits per heavy atom. The van der Waals surface area contributed by atoms with Crippen LogP contribution in [0.15, 0.2) is 60.2 Å². The highest BCUT2D eigenvalue weighted by molar-refractivity contribution is 6.31. The highest BCUT2D eigenvalue weighted by Crippen LogP contribution is 2.26. The number of carbonyl (C=O) groups is 1. The summed E-state index contributed by atoms with van der Waals surface area (Å²) >= 11 is 6.02. The molecule has 0 aliphatic heterocycles. The number of ether oxygens (including phenoxy) is 1. The smallest absolute Gasteiger partial charge is 0.266 e. The number of methoxy groups -OCH3 is 1. The molecule has 0 spiro atoms. The minimum absolute atomic E-state index is 0.00603. The summed E-state index contributed by atoms with van der Waals surface area (Å²) in [5, 5.41) is 12.8. The molecule has 0 aliphatic rings. The van der Waals surface area contributed by atoms with Crippen LogP contribution in [0, 0.1) is 32.1 Å². The molecule has 3 aromatic carbocycles. The molecule has 32 heavy (non-hydrogen) atoms. The molecule has 4 nitrogen and oxygen atoms in total. The van der Waals surface area contributed by atoms with Gasteiger partial charge in [-0.2, -0.15) is 5.26 Å². The minimum atomic E-state index is -0.490. The van der Waals surface area contributed by atoms with Gasteiger partial charge in [-0.15, -0.1) is 0 Å². The zero-order valence-corrected chi connectivity index (χ0v) is 19.4. The molecule has 5 heteroatoms. The van der Waals surface area contributed by atoms with Crippen molar-refractivity contribution in [1.82, 2.24) is 0 Å². The molecule has 0 fully saturated rings. The van der Waals surface area contributed by atoms with Crippen molar-refractivity contribution >= 4 is 29.3 Å². The predicted octanol–water partition coefficient (Wildman–Crippen LogP) is 6.41. The maximum atomic E-state index is 12.7. The van der Waals surface area contributed by atoms with E-state index >= 15 is 0 Å². The Kier molecular flexibility index (Phi) is 7.35. The lowest BCUT2D eigenvalue weighted by atomic mass is 9.98. The van der Waals surface area contributed by atoms with Crippen LogP contribution >= 0.6 is 11.6 Å². The maximum Gasteiger partial charge on any atom is 0.266 e. The van der Waals surface area contributed by atoms with Gasteiger partial charge in [-0.05, 0) is 67.3 Å². The van der Waals surface area contributed by atoms with Crippen molar-refractivity contribution in [3.63, 3.8) is 0 Å². The summed E-state index contributed by atoms with van der Waals surface area (Å²) in [6.07, 6.45) is 2.29. The number of anilines is 1. The molecule has 0 heterocycles. The molecule has 0 atom stereocenters. The van der Waals surface area contributed by atoms with Gasteiger partial charge in [0.2, 0.25) is 0 Å². The van der Waals surface area contributed by atoms with Crippen molar-refractivity contribution in [2.75, 3.05) is 12.4 Å². The molecule has 162 valence electrons. The Bertz CT molecular complexity index is 1220. The van der Waals surface area contributed by atoms with Crippen molar-refractivity contribution in [3.05, 3.63) is 98.6 Å². The summed E-state index contributed by atoms with van der Waals surface area (Å²) in [5.74, 6) is 0.220.